The number of pyridine rings is 1. The molecule has 11 heteroatoms. The van der Waals surface area contributed by atoms with Crippen LogP contribution in [0, 0.1) is 11.6 Å². The van der Waals surface area contributed by atoms with Crippen molar-refractivity contribution in [2.24, 2.45) is 5.73 Å². The first-order valence-electron chi connectivity index (χ1n) is 10.6. The minimum absolute atomic E-state index is 0.0134. The van der Waals surface area contributed by atoms with E-state index in [4.69, 9.17) is 11.5 Å². The zero-order chi connectivity index (χ0) is 24.0. The molecule has 34 heavy (non-hydrogen) atoms. The number of nitrogens with two attached hydrogens (primary N) is 2. The number of nitrogens with zero attached hydrogens (tertiary/aromatic N) is 3. The standard InChI is InChI=1S/C23H21F2N5O2S2/c24-12-2-1-3-13(25)18(12)23-29-19(22(27)34-23)17(32)8-11-9-28-15-5-7-33-21(15)20(11)30-6-4-16(31)14(26)10-30/h1-3,5,7,9,14,16,31H,4,6,8,10,26-27H2/t14-,16+/m1/s1. The van der Waals surface area contributed by atoms with Crippen molar-refractivity contribution in [3.8, 4) is 10.6 Å². The van der Waals surface area contributed by atoms with E-state index < -0.39 is 23.8 Å². The number of rotatable bonds is 5. The number of aliphatic hydroxyl groups is 1. The Labute approximate surface area is 201 Å². The molecule has 0 spiro atoms. The molecule has 4 aromatic rings. The van der Waals surface area contributed by atoms with Gasteiger partial charge in [0.2, 0.25) is 0 Å². The van der Waals surface area contributed by atoms with Gasteiger partial charge in [0.1, 0.15) is 27.3 Å². The molecule has 1 aromatic carbocycles. The summed E-state index contributed by atoms with van der Waals surface area (Å²) in [5.41, 5.74) is 14.2. The van der Waals surface area contributed by atoms with Gasteiger partial charge in [-0.2, -0.15) is 0 Å². The summed E-state index contributed by atoms with van der Waals surface area (Å²) < 4.78 is 29.4. The monoisotopic (exact) mass is 501 g/mol. The average molecular weight is 502 g/mol. The second kappa shape index (κ2) is 8.99. The van der Waals surface area contributed by atoms with Crippen molar-refractivity contribution in [1.82, 2.24) is 9.97 Å². The molecule has 3 aromatic heterocycles. The molecule has 0 unspecified atom stereocenters. The van der Waals surface area contributed by atoms with Gasteiger partial charge in [-0.15, -0.1) is 11.3 Å². The molecule has 0 aliphatic carbocycles. The first kappa shape index (κ1) is 22.8. The summed E-state index contributed by atoms with van der Waals surface area (Å²) in [7, 11) is 0. The molecule has 1 saturated heterocycles. The van der Waals surface area contributed by atoms with E-state index in [1.165, 1.54) is 17.4 Å². The van der Waals surface area contributed by atoms with E-state index in [-0.39, 0.29) is 33.5 Å². The van der Waals surface area contributed by atoms with E-state index in [0.717, 1.165) is 39.4 Å². The summed E-state index contributed by atoms with van der Waals surface area (Å²) in [6, 6.07) is 5.02. The van der Waals surface area contributed by atoms with Crippen LogP contribution in [0.25, 0.3) is 20.8 Å². The van der Waals surface area contributed by atoms with Crippen molar-refractivity contribution in [2.45, 2.75) is 25.0 Å². The van der Waals surface area contributed by atoms with Crippen molar-refractivity contribution in [3.05, 3.63) is 58.7 Å². The number of nitrogen functional groups attached to an aromatic ring is 1. The van der Waals surface area contributed by atoms with Gasteiger partial charge in [-0.1, -0.05) is 17.4 Å². The summed E-state index contributed by atoms with van der Waals surface area (Å²) in [5, 5.41) is 12.1. The predicted octanol–water partition coefficient (Wildman–Crippen LogP) is 3.60. The van der Waals surface area contributed by atoms with Crippen LogP contribution in [0.4, 0.5) is 19.5 Å². The third-order valence-electron chi connectivity index (χ3n) is 5.90. The molecule has 0 radical (unpaired) electrons. The molecule has 0 saturated carbocycles. The normalized spacial score (nSPS) is 18.5. The SMILES string of the molecule is Nc1sc(-c2c(F)cccc2F)nc1C(=O)Cc1cnc2ccsc2c1N1CC[C@H](O)[C@H](N)C1. The molecule has 1 aliphatic rings. The third kappa shape index (κ3) is 4.05. The van der Waals surface area contributed by atoms with E-state index >= 15 is 0 Å². The summed E-state index contributed by atoms with van der Waals surface area (Å²) in [6.07, 6.45) is 1.55. The van der Waals surface area contributed by atoms with E-state index in [1.807, 2.05) is 11.4 Å². The zero-order valence-electron chi connectivity index (χ0n) is 17.9. The van der Waals surface area contributed by atoms with Gasteiger partial charge >= 0.3 is 0 Å². The number of carbonyl (C=O) groups is 1. The third-order valence-corrected chi connectivity index (χ3v) is 7.72. The number of Topliss-reactive ketones (excluding diaryl/α,β-unsaturated/α-hetero) is 1. The number of thiophene rings is 1. The Bertz CT molecular complexity index is 1370. The lowest BCUT2D eigenvalue weighted by molar-refractivity contribution is 0.0989. The molecule has 5 N–H and O–H groups in total. The van der Waals surface area contributed by atoms with Gasteiger partial charge in [0.15, 0.2) is 5.78 Å². The molecule has 1 fully saturated rings. The molecule has 0 amide bonds. The highest BCUT2D eigenvalue weighted by Crippen LogP contribution is 2.37. The zero-order valence-corrected chi connectivity index (χ0v) is 19.5. The molecular formula is C23H21F2N5O2S2. The number of carbonyl (C=O) groups excluding carboxylic acids is 1. The maximum absolute atomic E-state index is 14.2. The number of hydrogen-bond acceptors (Lipinski definition) is 9. The van der Waals surface area contributed by atoms with Gasteiger partial charge < -0.3 is 21.5 Å². The number of piperidine rings is 1. The summed E-state index contributed by atoms with van der Waals surface area (Å²) in [4.78, 5) is 24.0. The van der Waals surface area contributed by atoms with Crippen LogP contribution < -0.4 is 16.4 Å². The fourth-order valence-electron chi connectivity index (χ4n) is 4.18. The summed E-state index contributed by atoms with van der Waals surface area (Å²) in [6.45, 7) is 1.03. The summed E-state index contributed by atoms with van der Waals surface area (Å²) in [5.74, 6) is -1.92. The second-order valence-electron chi connectivity index (χ2n) is 8.16. The highest BCUT2D eigenvalue weighted by atomic mass is 32.1. The molecule has 7 nitrogen and oxygen atoms in total. The van der Waals surface area contributed by atoms with E-state index in [2.05, 4.69) is 14.9 Å². The van der Waals surface area contributed by atoms with Crippen LogP contribution in [-0.2, 0) is 6.42 Å². The van der Waals surface area contributed by atoms with Crippen LogP contribution in [0.2, 0.25) is 0 Å². The smallest absolute Gasteiger partial charge is 0.188 e. The van der Waals surface area contributed by atoms with Crippen molar-refractivity contribution in [1.29, 1.82) is 0 Å². The number of aliphatic hydroxyl groups excluding tert-OH is 1. The topological polar surface area (TPSA) is 118 Å². The highest BCUT2D eigenvalue weighted by Gasteiger charge is 2.29. The van der Waals surface area contributed by atoms with Crippen LogP contribution >= 0.6 is 22.7 Å². The first-order valence-corrected chi connectivity index (χ1v) is 12.3. The molecule has 2 atom stereocenters. The Balaban J connectivity index is 1.50. The van der Waals surface area contributed by atoms with E-state index in [1.54, 1.807) is 6.20 Å². The van der Waals surface area contributed by atoms with E-state index in [9.17, 15) is 18.7 Å². The lowest BCUT2D eigenvalue weighted by Gasteiger charge is -2.36. The number of aromatic nitrogens is 2. The van der Waals surface area contributed by atoms with Crippen LogP contribution in [0.3, 0.4) is 0 Å². The Morgan fingerprint density at radius 3 is 2.76 bits per heavy atom. The molecule has 4 heterocycles. The van der Waals surface area contributed by atoms with Gasteiger partial charge in [-0.25, -0.2) is 13.8 Å². The Morgan fingerprint density at radius 1 is 1.26 bits per heavy atom. The number of thiazole rings is 1. The maximum Gasteiger partial charge on any atom is 0.188 e. The van der Waals surface area contributed by atoms with Crippen molar-refractivity contribution in [2.75, 3.05) is 23.7 Å². The minimum Gasteiger partial charge on any atom is -0.391 e. The Morgan fingerprint density at radius 2 is 2.03 bits per heavy atom. The minimum atomic E-state index is -0.772. The van der Waals surface area contributed by atoms with Crippen LogP contribution in [0.5, 0.6) is 0 Å². The average Bonchev–Trinajstić information content (AvgIpc) is 3.42. The fraction of sp³-hybridized carbons (Fsp3) is 0.261. The van der Waals surface area contributed by atoms with Crippen molar-refractivity contribution in [3.63, 3.8) is 0 Å². The number of ketones is 1. The second-order valence-corrected chi connectivity index (χ2v) is 10.1. The largest absolute Gasteiger partial charge is 0.391 e. The van der Waals surface area contributed by atoms with Crippen molar-refractivity contribution < 1.29 is 18.7 Å². The predicted molar refractivity (Wildman–Crippen MR) is 130 cm³/mol. The van der Waals surface area contributed by atoms with Crippen LogP contribution in [0.15, 0.2) is 35.8 Å². The lowest BCUT2D eigenvalue weighted by atomic mass is 10.00. The Hall–Kier alpha value is -2.99. The van der Waals surface area contributed by atoms with Gasteiger partial charge in [0, 0.05) is 37.3 Å². The molecule has 0 bridgehead atoms. The van der Waals surface area contributed by atoms with Gasteiger partial charge in [0.05, 0.1) is 27.6 Å². The number of fused-ring (bicyclic) bond motifs is 1. The number of halogens is 2. The Kier molecular flexibility index (Phi) is 6.02. The van der Waals surface area contributed by atoms with E-state index in [0.29, 0.717) is 25.1 Å². The van der Waals surface area contributed by atoms with Crippen LogP contribution in [-0.4, -0.2) is 46.1 Å². The van der Waals surface area contributed by atoms with Crippen LogP contribution in [0.1, 0.15) is 22.5 Å². The molecule has 1 aliphatic heterocycles. The fourth-order valence-corrected chi connectivity index (χ4v) is 6.03. The number of hydrogen-bond donors (Lipinski definition) is 3. The van der Waals surface area contributed by atoms with Crippen molar-refractivity contribution >= 4 is 49.4 Å². The number of benzene rings is 1. The molecular weight excluding hydrogens is 480 g/mol. The highest BCUT2D eigenvalue weighted by molar-refractivity contribution is 7.19. The quantitative estimate of drug-likeness (QED) is 0.358. The number of anilines is 2. The maximum atomic E-state index is 14.2. The van der Waals surface area contributed by atoms with Gasteiger partial charge in [0.25, 0.3) is 0 Å². The lowest BCUT2D eigenvalue weighted by Crippen LogP contribution is -2.51. The molecule has 5 rings (SSSR count). The van der Waals surface area contributed by atoms with Gasteiger partial charge in [-0.05, 0) is 30.0 Å². The van der Waals surface area contributed by atoms with Gasteiger partial charge in [-0.3, -0.25) is 9.78 Å². The first-order chi connectivity index (χ1) is 16.3. The molecule has 176 valence electrons. The summed E-state index contributed by atoms with van der Waals surface area (Å²) >= 11 is 2.38.